The third-order valence-electron chi connectivity index (χ3n) is 3.74. The van der Waals surface area contributed by atoms with Gasteiger partial charge < -0.3 is 10.4 Å². The molecule has 0 spiro atoms. The number of carboxylic acid groups (broad SMARTS) is 1. The minimum absolute atomic E-state index is 0.0466. The highest BCUT2D eigenvalue weighted by Crippen LogP contribution is 2.22. The molecule has 2 rings (SSSR count). The Morgan fingerprint density at radius 1 is 1.27 bits per heavy atom. The summed E-state index contributed by atoms with van der Waals surface area (Å²) in [5.41, 5.74) is 7.14. The number of benzene rings is 1. The lowest BCUT2D eigenvalue weighted by Gasteiger charge is -2.18. The van der Waals surface area contributed by atoms with Gasteiger partial charge in [-0.1, -0.05) is 44.2 Å². The van der Waals surface area contributed by atoms with Crippen molar-refractivity contribution < 1.29 is 14.7 Å². The standard InChI is InChI=1S/C16H23N3O3/c1-10(2)8-14(16(21)22)17-15(20)13-9-12(18-19-13)11-6-4-3-5-7-11/h3-7,10,12-14,18-19H,8-9H2,1-2H3,(H,17,20)(H,21,22). The lowest BCUT2D eigenvalue weighted by molar-refractivity contribution is -0.142. The number of aliphatic carboxylic acids is 1. The molecule has 1 aliphatic heterocycles. The van der Waals surface area contributed by atoms with Gasteiger partial charge in [0.2, 0.25) is 5.91 Å². The number of hydrogen-bond acceptors (Lipinski definition) is 4. The van der Waals surface area contributed by atoms with Crippen LogP contribution in [0.3, 0.4) is 0 Å². The van der Waals surface area contributed by atoms with Crippen LogP contribution < -0.4 is 16.2 Å². The number of amides is 1. The number of carboxylic acids is 1. The Labute approximate surface area is 130 Å². The largest absolute Gasteiger partial charge is 0.480 e. The molecule has 1 aromatic carbocycles. The van der Waals surface area contributed by atoms with E-state index < -0.39 is 18.1 Å². The van der Waals surface area contributed by atoms with Gasteiger partial charge in [0.15, 0.2) is 0 Å². The van der Waals surface area contributed by atoms with E-state index in [2.05, 4.69) is 16.2 Å². The molecule has 0 bridgehead atoms. The number of nitrogens with one attached hydrogen (secondary N) is 3. The molecule has 0 aliphatic carbocycles. The van der Waals surface area contributed by atoms with E-state index >= 15 is 0 Å². The van der Waals surface area contributed by atoms with Crippen molar-refractivity contribution in [2.75, 3.05) is 0 Å². The number of hydrazine groups is 1. The van der Waals surface area contributed by atoms with E-state index in [-0.39, 0.29) is 17.9 Å². The third-order valence-corrected chi connectivity index (χ3v) is 3.74. The molecule has 1 aromatic rings. The zero-order valence-electron chi connectivity index (χ0n) is 12.9. The molecule has 0 saturated carbocycles. The van der Waals surface area contributed by atoms with Crippen LogP contribution in [-0.2, 0) is 9.59 Å². The van der Waals surface area contributed by atoms with Crippen molar-refractivity contribution in [1.82, 2.24) is 16.2 Å². The first-order valence-electron chi connectivity index (χ1n) is 7.56. The van der Waals surface area contributed by atoms with Crippen molar-refractivity contribution in [3.63, 3.8) is 0 Å². The number of carbonyl (C=O) groups is 2. The molecular formula is C16H23N3O3. The molecule has 1 aliphatic rings. The van der Waals surface area contributed by atoms with Crippen molar-refractivity contribution in [3.05, 3.63) is 35.9 Å². The fraction of sp³-hybridized carbons (Fsp3) is 0.500. The molecule has 3 atom stereocenters. The zero-order valence-corrected chi connectivity index (χ0v) is 12.9. The van der Waals surface area contributed by atoms with Crippen LogP contribution in [0.25, 0.3) is 0 Å². The normalized spacial score (nSPS) is 22.5. The quantitative estimate of drug-likeness (QED) is 0.634. The number of carbonyl (C=O) groups excluding carboxylic acids is 1. The van der Waals surface area contributed by atoms with Gasteiger partial charge >= 0.3 is 5.97 Å². The Hall–Kier alpha value is -1.92. The van der Waals surface area contributed by atoms with Gasteiger partial charge in [-0.25, -0.2) is 15.6 Å². The van der Waals surface area contributed by atoms with Gasteiger partial charge in [0.1, 0.15) is 12.1 Å². The van der Waals surface area contributed by atoms with Crippen LogP contribution >= 0.6 is 0 Å². The van der Waals surface area contributed by atoms with Crippen molar-refractivity contribution >= 4 is 11.9 Å². The Morgan fingerprint density at radius 3 is 2.55 bits per heavy atom. The monoisotopic (exact) mass is 305 g/mol. The van der Waals surface area contributed by atoms with E-state index in [1.54, 1.807) is 0 Å². The van der Waals surface area contributed by atoms with Crippen LogP contribution in [0.2, 0.25) is 0 Å². The molecule has 0 aromatic heterocycles. The number of hydrogen-bond donors (Lipinski definition) is 4. The maximum absolute atomic E-state index is 12.2. The van der Waals surface area contributed by atoms with Gasteiger partial charge in [0.05, 0.1) is 0 Å². The SMILES string of the molecule is CC(C)CC(NC(=O)C1CC(c2ccccc2)NN1)C(=O)O. The average Bonchev–Trinajstić information content (AvgIpc) is 2.96. The van der Waals surface area contributed by atoms with Gasteiger partial charge in [-0.15, -0.1) is 0 Å². The zero-order chi connectivity index (χ0) is 16.1. The Kier molecular flexibility index (Phi) is 5.51. The van der Waals surface area contributed by atoms with Crippen LogP contribution in [0.15, 0.2) is 30.3 Å². The molecule has 1 fully saturated rings. The van der Waals surface area contributed by atoms with Crippen LogP contribution in [0.5, 0.6) is 0 Å². The fourth-order valence-corrected chi connectivity index (χ4v) is 2.60. The molecule has 3 unspecified atom stereocenters. The van der Waals surface area contributed by atoms with E-state index in [1.807, 2.05) is 44.2 Å². The van der Waals surface area contributed by atoms with Gasteiger partial charge in [-0.2, -0.15) is 0 Å². The molecule has 22 heavy (non-hydrogen) atoms. The van der Waals surface area contributed by atoms with Crippen LogP contribution in [0, 0.1) is 5.92 Å². The summed E-state index contributed by atoms with van der Waals surface area (Å²) in [6, 6.07) is 8.62. The van der Waals surface area contributed by atoms with E-state index in [9.17, 15) is 14.7 Å². The second kappa shape index (κ2) is 7.38. The average molecular weight is 305 g/mol. The summed E-state index contributed by atoms with van der Waals surface area (Å²) in [6.07, 6.45) is 1.01. The fourth-order valence-electron chi connectivity index (χ4n) is 2.60. The highest BCUT2D eigenvalue weighted by atomic mass is 16.4. The van der Waals surface area contributed by atoms with Crippen LogP contribution in [0.4, 0.5) is 0 Å². The molecule has 1 saturated heterocycles. The minimum atomic E-state index is -0.993. The van der Waals surface area contributed by atoms with Crippen molar-refractivity contribution in [3.8, 4) is 0 Å². The first-order valence-corrected chi connectivity index (χ1v) is 7.56. The lowest BCUT2D eigenvalue weighted by atomic mass is 10.0. The molecule has 4 N–H and O–H groups in total. The summed E-state index contributed by atoms with van der Waals surface area (Å²) in [5.74, 6) is -1.07. The summed E-state index contributed by atoms with van der Waals surface area (Å²) in [4.78, 5) is 23.5. The van der Waals surface area contributed by atoms with Crippen molar-refractivity contribution in [1.29, 1.82) is 0 Å². The van der Waals surface area contributed by atoms with Gasteiger partial charge in [0.25, 0.3) is 0 Å². The second-order valence-electron chi connectivity index (χ2n) is 6.07. The first-order chi connectivity index (χ1) is 10.5. The van der Waals surface area contributed by atoms with Crippen LogP contribution in [-0.4, -0.2) is 29.1 Å². The van der Waals surface area contributed by atoms with Gasteiger partial charge in [0, 0.05) is 6.04 Å². The minimum Gasteiger partial charge on any atom is -0.480 e. The van der Waals surface area contributed by atoms with E-state index in [0.29, 0.717) is 12.8 Å². The molecular weight excluding hydrogens is 282 g/mol. The van der Waals surface area contributed by atoms with E-state index in [0.717, 1.165) is 5.56 Å². The maximum Gasteiger partial charge on any atom is 0.326 e. The van der Waals surface area contributed by atoms with Crippen molar-refractivity contribution in [2.24, 2.45) is 5.92 Å². The van der Waals surface area contributed by atoms with E-state index in [1.165, 1.54) is 0 Å². The summed E-state index contributed by atoms with van der Waals surface area (Å²) in [7, 11) is 0. The number of rotatable bonds is 6. The third kappa shape index (κ3) is 4.29. The van der Waals surface area contributed by atoms with Gasteiger partial charge in [-0.05, 0) is 24.3 Å². The molecule has 6 heteroatoms. The summed E-state index contributed by atoms with van der Waals surface area (Å²) in [5, 5.41) is 11.8. The highest BCUT2D eigenvalue weighted by molar-refractivity contribution is 5.87. The maximum atomic E-state index is 12.2. The van der Waals surface area contributed by atoms with Crippen LogP contribution in [0.1, 0.15) is 38.3 Å². The summed E-state index contributed by atoms with van der Waals surface area (Å²) < 4.78 is 0. The highest BCUT2D eigenvalue weighted by Gasteiger charge is 2.32. The van der Waals surface area contributed by atoms with E-state index in [4.69, 9.17) is 0 Å². The molecule has 1 amide bonds. The Morgan fingerprint density at radius 2 is 1.95 bits per heavy atom. The molecule has 0 radical (unpaired) electrons. The lowest BCUT2D eigenvalue weighted by Crippen LogP contribution is -2.49. The smallest absolute Gasteiger partial charge is 0.326 e. The topological polar surface area (TPSA) is 90.5 Å². The molecule has 1 heterocycles. The second-order valence-corrected chi connectivity index (χ2v) is 6.07. The van der Waals surface area contributed by atoms with Crippen molar-refractivity contribution in [2.45, 2.75) is 44.8 Å². The predicted octanol–water partition coefficient (Wildman–Crippen LogP) is 1.21. The molecule has 6 nitrogen and oxygen atoms in total. The summed E-state index contributed by atoms with van der Waals surface area (Å²) in [6.45, 7) is 3.87. The predicted molar refractivity (Wildman–Crippen MR) is 82.9 cm³/mol. The first kappa shape index (κ1) is 16.5. The molecule has 120 valence electrons. The Bertz CT molecular complexity index is 519. The Balaban J connectivity index is 1.92. The van der Waals surface area contributed by atoms with Gasteiger partial charge in [-0.3, -0.25) is 4.79 Å². The summed E-state index contributed by atoms with van der Waals surface area (Å²) >= 11 is 0.